The van der Waals surface area contributed by atoms with Crippen LogP contribution in [-0.4, -0.2) is 31.5 Å². The summed E-state index contributed by atoms with van der Waals surface area (Å²) >= 11 is 1.39. The zero-order chi connectivity index (χ0) is 17.9. The Morgan fingerprint density at radius 3 is 2.81 bits per heavy atom. The van der Waals surface area contributed by atoms with Crippen LogP contribution in [0.5, 0.6) is 0 Å². The second-order valence-corrected chi connectivity index (χ2v) is 6.60. The van der Waals surface area contributed by atoms with Crippen molar-refractivity contribution in [2.45, 2.75) is 5.16 Å². The SMILES string of the molecule is Cn1c(-c2ccc3nonc3c2)cnc1SCC(=O)Nc1ccccc1. The minimum absolute atomic E-state index is 0.0687. The average molecular weight is 365 g/mol. The maximum atomic E-state index is 12.1. The molecule has 2 aromatic carbocycles. The van der Waals surface area contributed by atoms with Gasteiger partial charge in [-0.25, -0.2) is 9.61 Å². The summed E-state index contributed by atoms with van der Waals surface area (Å²) in [5.74, 6) is 0.214. The van der Waals surface area contributed by atoms with Crippen molar-refractivity contribution in [3.05, 3.63) is 54.7 Å². The monoisotopic (exact) mass is 365 g/mol. The van der Waals surface area contributed by atoms with Crippen LogP contribution in [0.4, 0.5) is 5.69 Å². The van der Waals surface area contributed by atoms with Gasteiger partial charge in [0.1, 0.15) is 11.0 Å². The number of fused-ring (bicyclic) bond motifs is 1. The lowest BCUT2D eigenvalue weighted by molar-refractivity contribution is -0.113. The van der Waals surface area contributed by atoms with Gasteiger partial charge in [-0.05, 0) is 34.6 Å². The summed E-state index contributed by atoms with van der Waals surface area (Å²) in [4.78, 5) is 16.5. The molecule has 0 bridgehead atoms. The van der Waals surface area contributed by atoms with Crippen molar-refractivity contribution < 1.29 is 9.42 Å². The number of carbonyl (C=O) groups excluding carboxylic acids is 1. The second-order valence-electron chi connectivity index (χ2n) is 5.66. The van der Waals surface area contributed by atoms with Crippen molar-refractivity contribution >= 4 is 34.4 Å². The maximum absolute atomic E-state index is 12.1. The van der Waals surface area contributed by atoms with E-state index in [1.54, 1.807) is 6.20 Å². The number of carbonyl (C=O) groups is 1. The molecule has 0 saturated heterocycles. The lowest BCUT2D eigenvalue weighted by Crippen LogP contribution is -2.14. The molecule has 0 spiro atoms. The fraction of sp³-hybridized carbons (Fsp3) is 0.111. The van der Waals surface area contributed by atoms with Crippen LogP contribution in [0.2, 0.25) is 0 Å². The molecule has 0 aliphatic carbocycles. The largest absolute Gasteiger partial charge is 0.325 e. The van der Waals surface area contributed by atoms with Crippen LogP contribution >= 0.6 is 11.8 Å². The molecule has 130 valence electrons. The van der Waals surface area contributed by atoms with Crippen LogP contribution in [-0.2, 0) is 11.8 Å². The molecule has 1 N–H and O–H groups in total. The van der Waals surface area contributed by atoms with E-state index in [1.165, 1.54) is 11.8 Å². The van der Waals surface area contributed by atoms with E-state index in [4.69, 9.17) is 4.63 Å². The molecule has 2 heterocycles. The number of hydrogen-bond acceptors (Lipinski definition) is 6. The Balaban J connectivity index is 1.46. The van der Waals surface area contributed by atoms with Crippen molar-refractivity contribution in [3.8, 4) is 11.3 Å². The summed E-state index contributed by atoms with van der Waals surface area (Å²) in [7, 11) is 1.92. The first-order valence-electron chi connectivity index (χ1n) is 7.93. The number of nitrogens with one attached hydrogen (secondary N) is 1. The Morgan fingerprint density at radius 1 is 1.15 bits per heavy atom. The van der Waals surface area contributed by atoms with E-state index in [9.17, 15) is 4.79 Å². The number of benzene rings is 2. The molecular weight excluding hydrogens is 350 g/mol. The van der Waals surface area contributed by atoms with Crippen LogP contribution < -0.4 is 5.32 Å². The third-order valence-electron chi connectivity index (χ3n) is 3.88. The number of nitrogens with zero attached hydrogens (tertiary/aromatic N) is 4. The smallest absolute Gasteiger partial charge is 0.234 e. The summed E-state index contributed by atoms with van der Waals surface area (Å²) in [6.07, 6.45) is 1.78. The number of aromatic nitrogens is 4. The molecule has 0 aliphatic rings. The zero-order valence-corrected chi connectivity index (χ0v) is 14.7. The fourth-order valence-electron chi connectivity index (χ4n) is 2.58. The molecule has 7 nitrogen and oxygen atoms in total. The number of para-hydroxylation sites is 1. The van der Waals surface area contributed by atoms with E-state index < -0.39 is 0 Å². The van der Waals surface area contributed by atoms with Crippen molar-refractivity contribution in [2.75, 3.05) is 11.1 Å². The zero-order valence-electron chi connectivity index (χ0n) is 13.9. The molecule has 0 saturated carbocycles. The van der Waals surface area contributed by atoms with Crippen LogP contribution in [0, 0.1) is 0 Å². The van der Waals surface area contributed by atoms with Gasteiger partial charge in [-0.3, -0.25) is 4.79 Å². The predicted octanol–water partition coefficient (Wildman–Crippen LogP) is 3.35. The molecule has 0 unspecified atom stereocenters. The summed E-state index contributed by atoms with van der Waals surface area (Å²) in [6, 6.07) is 15.1. The van der Waals surface area contributed by atoms with E-state index in [0.29, 0.717) is 11.0 Å². The third-order valence-corrected chi connectivity index (χ3v) is 4.93. The molecule has 0 atom stereocenters. The molecule has 0 radical (unpaired) electrons. The predicted molar refractivity (Wildman–Crippen MR) is 99.8 cm³/mol. The lowest BCUT2D eigenvalue weighted by atomic mass is 10.1. The van der Waals surface area contributed by atoms with E-state index in [0.717, 1.165) is 22.1 Å². The molecule has 8 heteroatoms. The number of rotatable bonds is 5. The van der Waals surface area contributed by atoms with Gasteiger partial charge in [-0.2, -0.15) is 0 Å². The first-order valence-corrected chi connectivity index (χ1v) is 8.91. The minimum atomic E-state index is -0.0687. The van der Waals surface area contributed by atoms with Crippen molar-refractivity contribution in [2.24, 2.45) is 7.05 Å². The number of thioether (sulfide) groups is 1. The minimum Gasteiger partial charge on any atom is -0.325 e. The highest BCUT2D eigenvalue weighted by Crippen LogP contribution is 2.26. The Morgan fingerprint density at radius 2 is 1.96 bits per heavy atom. The molecule has 4 rings (SSSR count). The highest BCUT2D eigenvalue weighted by atomic mass is 32.2. The van der Waals surface area contributed by atoms with Gasteiger partial charge in [0.25, 0.3) is 0 Å². The summed E-state index contributed by atoms with van der Waals surface area (Å²) in [6.45, 7) is 0. The number of anilines is 1. The van der Waals surface area contributed by atoms with Gasteiger partial charge in [0.05, 0.1) is 17.6 Å². The summed E-state index contributed by atoms with van der Waals surface area (Å²) in [5, 5.41) is 11.3. The van der Waals surface area contributed by atoms with Gasteiger partial charge in [-0.1, -0.05) is 36.0 Å². The van der Waals surface area contributed by atoms with E-state index in [-0.39, 0.29) is 11.7 Å². The molecule has 26 heavy (non-hydrogen) atoms. The Hall–Kier alpha value is -3.13. The molecule has 0 fully saturated rings. The van der Waals surface area contributed by atoms with E-state index in [2.05, 4.69) is 20.6 Å². The Bertz CT molecular complexity index is 1060. The third kappa shape index (κ3) is 3.31. The topological polar surface area (TPSA) is 85.8 Å². The number of amides is 1. The van der Waals surface area contributed by atoms with Gasteiger partial charge < -0.3 is 9.88 Å². The lowest BCUT2D eigenvalue weighted by Gasteiger charge is -2.07. The number of hydrogen-bond donors (Lipinski definition) is 1. The van der Waals surface area contributed by atoms with Gasteiger partial charge in [-0.15, -0.1) is 0 Å². The van der Waals surface area contributed by atoms with Gasteiger partial charge >= 0.3 is 0 Å². The highest BCUT2D eigenvalue weighted by molar-refractivity contribution is 7.99. The fourth-order valence-corrected chi connectivity index (χ4v) is 3.34. The van der Waals surface area contributed by atoms with Crippen molar-refractivity contribution in [1.29, 1.82) is 0 Å². The average Bonchev–Trinajstić information content (AvgIpc) is 3.26. The standard InChI is InChI=1S/C18H15N5O2S/c1-23-16(12-7-8-14-15(9-12)22-25-21-14)10-19-18(23)26-11-17(24)20-13-5-3-2-4-6-13/h2-10H,11H2,1H3,(H,20,24). The normalized spacial score (nSPS) is 11.0. The molecule has 2 aromatic heterocycles. The van der Waals surface area contributed by atoms with Gasteiger partial charge in [0, 0.05) is 18.3 Å². The maximum Gasteiger partial charge on any atom is 0.234 e. The van der Waals surface area contributed by atoms with Crippen LogP contribution in [0.15, 0.2) is 64.5 Å². The highest BCUT2D eigenvalue weighted by Gasteiger charge is 2.12. The van der Waals surface area contributed by atoms with Crippen molar-refractivity contribution in [3.63, 3.8) is 0 Å². The molecule has 0 aliphatic heterocycles. The first-order chi connectivity index (χ1) is 12.7. The summed E-state index contributed by atoms with van der Waals surface area (Å²) < 4.78 is 6.69. The van der Waals surface area contributed by atoms with E-state index >= 15 is 0 Å². The van der Waals surface area contributed by atoms with Gasteiger partial charge in [0.15, 0.2) is 5.16 Å². The summed E-state index contributed by atoms with van der Waals surface area (Å²) in [5.41, 5.74) is 4.08. The van der Waals surface area contributed by atoms with E-state index in [1.807, 2.05) is 60.1 Å². The quantitative estimate of drug-likeness (QED) is 0.546. The second kappa shape index (κ2) is 7.01. The molecular formula is C18H15N5O2S. The Labute approximate surface area is 153 Å². The Kier molecular flexibility index (Phi) is 4.40. The number of imidazole rings is 1. The van der Waals surface area contributed by atoms with Crippen LogP contribution in [0.3, 0.4) is 0 Å². The van der Waals surface area contributed by atoms with Crippen LogP contribution in [0.1, 0.15) is 0 Å². The molecule has 1 amide bonds. The van der Waals surface area contributed by atoms with Crippen LogP contribution in [0.25, 0.3) is 22.3 Å². The molecule has 4 aromatic rings. The first kappa shape index (κ1) is 16.3. The van der Waals surface area contributed by atoms with Gasteiger partial charge in [0.2, 0.25) is 5.91 Å². The van der Waals surface area contributed by atoms with Crippen molar-refractivity contribution in [1.82, 2.24) is 19.9 Å².